The van der Waals surface area contributed by atoms with Crippen LogP contribution in [0.3, 0.4) is 0 Å². The van der Waals surface area contributed by atoms with Crippen molar-refractivity contribution in [2.75, 3.05) is 32.9 Å². The molecule has 1 amide bonds. The minimum Gasteiger partial charge on any atom is -0.376 e. The van der Waals surface area contributed by atoms with Crippen molar-refractivity contribution in [1.29, 1.82) is 0 Å². The summed E-state index contributed by atoms with van der Waals surface area (Å²) < 4.78 is 0. The quantitative estimate of drug-likeness (QED) is 0.313. The number of amides is 1. The molecule has 0 radical (unpaired) electrons. The van der Waals surface area contributed by atoms with E-state index < -0.39 is 0 Å². The zero-order valence-electron chi connectivity index (χ0n) is 20.5. The van der Waals surface area contributed by atoms with Crippen LogP contribution in [0, 0.1) is 0 Å². The molecule has 0 spiro atoms. The minimum absolute atomic E-state index is 0.0403. The van der Waals surface area contributed by atoms with Crippen molar-refractivity contribution in [2.45, 2.75) is 37.5 Å². The Morgan fingerprint density at radius 3 is 2.25 bits per heavy atom. The van der Waals surface area contributed by atoms with Gasteiger partial charge in [-0.3, -0.25) is 4.79 Å². The van der Waals surface area contributed by atoms with Gasteiger partial charge in [0.05, 0.1) is 16.5 Å². The molecule has 0 aliphatic carbocycles. The number of piperidine rings is 1. The summed E-state index contributed by atoms with van der Waals surface area (Å²) in [5, 5.41) is 11.1. The van der Waals surface area contributed by atoms with Gasteiger partial charge < -0.3 is 14.9 Å². The molecule has 1 atom stereocenters. The van der Waals surface area contributed by atoms with Crippen LogP contribution in [0.1, 0.15) is 47.8 Å². The Hall–Kier alpha value is -2.37. The Kier molecular flexibility index (Phi) is 9.82. The monoisotopic (exact) mass is 524 g/mol. The van der Waals surface area contributed by atoms with Crippen molar-refractivity contribution < 1.29 is 9.90 Å². The topological polar surface area (TPSA) is 43.8 Å². The van der Waals surface area contributed by atoms with Crippen molar-refractivity contribution in [3.05, 3.63) is 106 Å². The molecule has 3 aromatic rings. The summed E-state index contributed by atoms with van der Waals surface area (Å²) in [5.41, 5.74) is 3.41. The lowest BCUT2D eigenvalue weighted by Crippen LogP contribution is -2.38. The summed E-state index contributed by atoms with van der Waals surface area (Å²) in [6.07, 6.45) is 3.44. The van der Waals surface area contributed by atoms with Gasteiger partial charge >= 0.3 is 0 Å². The summed E-state index contributed by atoms with van der Waals surface area (Å²) >= 11 is 12.5. The number of hydrogen-bond acceptors (Lipinski definition) is 3. The Balaban J connectivity index is 1.40. The molecule has 1 unspecified atom stereocenters. The van der Waals surface area contributed by atoms with Gasteiger partial charge in [-0.25, -0.2) is 0 Å². The highest BCUT2D eigenvalue weighted by atomic mass is 35.5. The van der Waals surface area contributed by atoms with Crippen LogP contribution in [0.2, 0.25) is 10.0 Å². The van der Waals surface area contributed by atoms with E-state index in [2.05, 4.69) is 35.2 Å². The number of halogens is 2. The minimum atomic E-state index is -0.314. The molecule has 1 saturated heterocycles. The molecule has 1 aliphatic heterocycles. The maximum absolute atomic E-state index is 13.0. The number of rotatable bonds is 10. The van der Waals surface area contributed by atoms with Gasteiger partial charge in [0.15, 0.2) is 0 Å². The van der Waals surface area contributed by atoms with E-state index in [4.69, 9.17) is 23.2 Å². The van der Waals surface area contributed by atoms with E-state index in [0.717, 1.165) is 50.0 Å². The first kappa shape index (κ1) is 26.7. The van der Waals surface area contributed by atoms with Gasteiger partial charge in [0.2, 0.25) is 5.91 Å². The number of likely N-dealkylation sites (tertiary alicyclic amines) is 1. The van der Waals surface area contributed by atoms with Crippen LogP contribution < -0.4 is 0 Å². The van der Waals surface area contributed by atoms with Crippen molar-refractivity contribution in [3.63, 3.8) is 0 Å². The van der Waals surface area contributed by atoms with E-state index >= 15 is 0 Å². The van der Waals surface area contributed by atoms with Gasteiger partial charge in [-0.15, -0.1) is 0 Å². The lowest BCUT2D eigenvalue weighted by molar-refractivity contribution is -0.134. The molecule has 0 bridgehead atoms. The van der Waals surface area contributed by atoms with Crippen LogP contribution in [-0.2, 0) is 11.2 Å². The molecule has 4 rings (SSSR count). The first-order valence-corrected chi connectivity index (χ1v) is 13.4. The fraction of sp³-hybridized carbons (Fsp3) is 0.367. The number of aliphatic hydroxyl groups excluding tert-OH is 1. The third-order valence-electron chi connectivity index (χ3n) is 7.23. The van der Waals surface area contributed by atoms with Crippen LogP contribution in [0.5, 0.6) is 0 Å². The maximum atomic E-state index is 13.0. The van der Waals surface area contributed by atoms with Gasteiger partial charge in [-0.2, -0.15) is 0 Å². The van der Waals surface area contributed by atoms with Gasteiger partial charge in [-0.05, 0) is 73.6 Å². The predicted octanol–water partition coefficient (Wildman–Crippen LogP) is 6.37. The van der Waals surface area contributed by atoms with Gasteiger partial charge in [0, 0.05) is 12.5 Å². The van der Waals surface area contributed by atoms with Crippen molar-refractivity contribution in [2.24, 2.45) is 0 Å². The normalized spacial score (nSPS) is 15.5. The Morgan fingerprint density at radius 1 is 0.944 bits per heavy atom. The van der Waals surface area contributed by atoms with E-state index in [1.807, 2.05) is 48.5 Å². The first-order chi connectivity index (χ1) is 17.5. The van der Waals surface area contributed by atoms with Crippen LogP contribution in [-0.4, -0.2) is 53.7 Å². The van der Waals surface area contributed by atoms with E-state index in [-0.39, 0.29) is 25.0 Å². The van der Waals surface area contributed by atoms with Crippen LogP contribution >= 0.6 is 23.2 Å². The van der Waals surface area contributed by atoms with E-state index in [1.165, 1.54) is 5.56 Å². The van der Waals surface area contributed by atoms with Crippen molar-refractivity contribution in [1.82, 2.24) is 9.80 Å². The molecular weight excluding hydrogens is 491 g/mol. The van der Waals surface area contributed by atoms with Crippen LogP contribution in [0.4, 0.5) is 0 Å². The molecule has 0 saturated carbocycles. The van der Waals surface area contributed by atoms with Gasteiger partial charge in [0.25, 0.3) is 0 Å². The van der Waals surface area contributed by atoms with Crippen molar-refractivity contribution in [3.8, 4) is 0 Å². The van der Waals surface area contributed by atoms with Crippen LogP contribution in [0.15, 0.2) is 78.9 Å². The molecule has 1 aliphatic rings. The summed E-state index contributed by atoms with van der Waals surface area (Å²) in [6, 6.07) is 26.1. The largest absolute Gasteiger partial charge is 0.376 e. The van der Waals surface area contributed by atoms with E-state index in [1.54, 1.807) is 4.90 Å². The average molecular weight is 526 g/mol. The third kappa shape index (κ3) is 7.33. The number of carbonyl (C=O) groups excluding carboxylic acids is 1. The Bertz CT molecular complexity index is 1100. The lowest BCUT2D eigenvalue weighted by atomic mass is 9.89. The zero-order valence-corrected chi connectivity index (χ0v) is 22.0. The Labute approximate surface area is 224 Å². The van der Waals surface area contributed by atoms with Gasteiger partial charge in [-0.1, -0.05) is 89.9 Å². The molecule has 3 aromatic carbocycles. The van der Waals surface area contributed by atoms with Crippen molar-refractivity contribution >= 4 is 29.1 Å². The highest BCUT2D eigenvalue weighted by Crippen LogP contribution is 2.31. The smallest absolute Gasteiger partial charge is 0.228 e. The molecule has 190 valence electrons. The summed E-state index contributed by atoms with van der Waals surface area (Å²) in [6.45, 7) is 3.17. The average Bonchev–Trinajstić information content (AvgIpc) is 2.92. The molecule has 36 heavy (non-hydrogen) atoms. The maximum Gasteiger partial charge on any atom is 0.228 e. The number of nitrogens with zero attached hydrogens (tertiary/aromatic N) is 2. The number of hydrogen-bond donors (Lipinski definition) is 1. The Morgan fingerprint density at radius 2 is 1.61 bits per heavy atom. The predicted molar refractivity (Wildman–Crippen MR) is 148 cm³/mol. The highest BCUT2D eigenvalue weighted by Gasteiger charge is 2.24. The molecule has 1 heterocycles. The molecule has 6 heteroatoms. The fourth-order valence-corrected chi connectivity index (χ4v) is 5.38. The molecule has 1 fully saturated rings. The SMILES string of the molecule is O=C(Cc1ccccc1)N(CO)CC(CCN1CCC(c2ccccc2)CC1)c1ccc(Cl)c(Cl)c1. The lowest BCUT2D eigenvalue weighted by Gasteiger charge is -2.34. The first-order valence-electron chi connectivity index (χ1n) is 12.7. The second-order valence-corrected chi connectivity index (χ2v) is 10.4. The molecule has 1 N–H and O–H groups in total. The summed E-state index contributed by atoms with van der Waals surface area (Å²) in [7, 11) is 0. The zero-order chi connectivity index (χ0) is 25.3. The second kappa shape index (κ2) is 13.3. The standard InChI is InChI=1S/C30H34Cl2N2O2/c31-28-12-11-26(20-29(28)32)27(21-34(22-35)30(36)19-23-7-3-1-4-8-23)15-18-33-16-13-25(14-17-33)24-9-5-2-6-10-24/h1-12,20,25,27,35H,13-19,21-22H2. The fourth-order valence-electron chi connectivity index (χ4n) is 5.07. The number of benzene rings is 3. The second-order valence-electron chi connectivity index (χ2n) is 9.61. The van der Waals surface area contributed by atoms with Crippen LogP contribution in [0.25, 0.3) is 0 Å². The number of aliphatic hydroxyl groups is 1. The molecule has 4 nitrogen and oxygen atoms in total. The molecular formula is C30H34Cl2N2O2. The van der Waals surface area contributed by atoms with E-state index in [0.29, 0.717) is 22.5 Å². The number of carbonyl (C=O) groups is 1. The van der Waals surface area contributed by atoms with E-state index in [9.17, 15) is 9.90 Å². The summed E-state index contributed by atoms with van der Waals surface area (Å²) in [5.74, 6) is 0.574. The molecule has 0 aromatic heterocycles. The van der Waals surface area contributed by atoms with Gasteiger partial charge in [0.1, 0.15) is 6.73 Å². The highest BCUT2D eigenvalue weighted by molar-refractivity contribution is 6.42. The summed E-state index contributed by atoms with van der Waals surface area (Å²) in [4.78, 5) is 17.1. The third-order valence-corrected chi connectivity index (χ3v) is 7.97.